The fraction of sp³-hybridized carbons (Fsp3) is 0.125. The smallest absolute Gasteiger partial charge is 0.411 e. The van der Waals surface area contributed by atoms with Crippen LogP contribution >= 0.6 is 11.6 Å². The molecule has 0 aromatic heterocycles. The van der Waals surface area contributed by atoms with Crippen LogP contribution in [0.3, 0.4) is 0 Å². The van der Waals surface area contributed by atoms with Gasteiger partial charge in [0.1, 0.15) is 6.61 Å². The highest BCUT2D eigenvalue weighted by Crippen LogP contribution is 2.11. The highest BCUT2D eigenvalue weighted by molar-refractivity contribution is 6.17. The first-order chi connectivity index (χ1) is 10.2. The summed E-state index contributed by atoms with van der Waals surface area (Å²) in [5.41, 5.74) is 3.02. The minimum atomic E-state index is -0.541. The molecule has 21 heavy (non-hydrogen) atoms. The molecule has 0 aliphatic carbocycles. The highest BCUT2D eigenvalue weighted by atomic mass is 35.5. The molecule has 0 unspecified atom stereocenters. The van der Waals surface area contributed by atoms with Crippen molar-refractivity contribution in [2.24, 2.45) is 0 Å². The number of ether oxygens (including phenoxy) is 1. The molecule has 0 radical (unpaired) electrons. The quantitative estimate of drug-likeness (QED) is 0.867. The summed E-state index contributed by atoms with van der Waals surface area (Å²) in [6, 6.07) is 16.1. The molecule has 2 aromatic carbocycles. The maximum atomic E-state index is 11.6. The average molecular weight is 301 g/mol. The second kappa shape index (κ2) is 7.32. The molecule has 1 N–H and O–H groups in total. The van der Waals surface area contributed by atoms with E-state index >= 15 is 0 Å². The summed E-state index contributed by atoms with van der Waals surface area (Å²) in [6.45, 7) is 0.185. The van der Waals surface area contributed by atoms with E-state index in [-0.39, 0.29) is 6.61 Å². The Kier molecular flexibility index (Phi) is 5.19. The molecule has 0 saturated carbocycles. The molecule has 106 valence electrons. The van der Waals surface area contributed by atoms with E-state index in [1.807, 2.05) is 30.3 Å². The maximum absolute atomic E-state index is 11.6. The number of carbonyl (C=O) groups excluding carboxylic acids is 1. The Bertz CT molecular complexity index is 645. The molecule has 1 amide bonds. The third-order valence-corrected chi connectivity index (χ3v) is 3.12. The van der Waals surface area contributed by atoms with Crippen LogP contribution in [0, 0.1) is 11.3 Å². The van der Waals surface area contributed by atoms with E-state index in [1.165, 1.54) is 0 Å². The molecular formula is C16H13ClN2O2. The number of hydrogen-bond donors (Lipinski definition) is 1. The van der Waals surface area contributed by atoms with E-state index in [0.717, 1.165) is 11.1 Å². The van der Waals surface area contributed by atoms with Crippen molar-refractivity contribution in [1.82, 2.24) is 0 Å². The minimum absolute atomic E-state index is 0.185. The first kappa shape index (κ1) is 14.9. The number of carbonyl (C=O) groups is 1. The van der Waals surface area contributed by atoms with Crippen LogP contribution in [0.15, 0.2) is 48.5 Å². The van der Waals surface area contributed by atoms with E-state index in [9.17, 15) is 4.79 Å². The van der Waals surface area contributed by atoms with Crippen molar-refractivity contribution in [2.75, 3.05) is 5.32 Å². The zero-order valence-electron chi connectivity index (χ0n) is 11.2. The number of nitriles is 1. The number of nitrogens with one attached hydrogen (secondary N) is 1. The van der Waals surface area contributed by atoms with Crippen molar-refractivity contribution >= 4 is 23.4 Å². The summed E-state index contributed by atoms with van der Waals surface area (Å²) < 4.78 is 5.11. The normalized spacial score (nSPS) is 9.71. The lowest BCUT2D eigenvalue weighted by molar-refractivity contribution is 0.155. The minimum Gasteiger partial charge on any atom is -0.444 e. The Hall–Kier alpha value is -2.51. The second-order valence-corrected chi connectivity index (χ2v) is 4.61. The van der Waals surface area contributed by atoms with Crippen molar-refractivity contribution in [3.63, 3.8) is 0 Å². The van der Waals surface area contributed by atoms with E-state index in [1.54, 1.807) is 24.3 Å². The molecule has 0 saturated heterocycles. The summed E-state index contributed by atoms with van der Waals surface area (Å²) in [5.74, 6) is 0.459. The molecule has 5 heteroatoms. The lowest BCUT2D eigenvalue weighted by atomic mass is 10.2. The Morgan fingerprint density at radius 2 is 1.71 bits per heavy atom. The van der Waals surface area contributed by atoms with Crippen LogP contribution in [0.4, 0.5) is 10.5 Å². The molecule has 4 nitrogen and oxygen atoms in total. The number of halogens is 1. The number of rotatable bonds is 4. The molecule has 2 aromatic rings. The number of amides is 1. The summed E-state index contributed by atoms with van der Waals surface area (Å²) in [5, 5.41) is 11.3. The van der Waals surface area contributed by atoms with Crippen LogP contribution in [-0.4, -0.2) is 6.09 Å². The highest BCUT2D eigenvalue weighted by Gasteiger charge is 2.04. The van der Waals surface area contributed by atoms with Gasteiger partial charge in [-0.25, -0.2) is 4.79 Å². The predicted molar refractivity (Wildman–Crippen MR) is 81.0 cm³/mol. The van der Waals surface area contributed by atoms with E-state index < -0.39 is 6.09 Å². The van der Waals surface area contributed by atoms with Crippen LogP contribution in [-0.2, 0) is 17.2 Å². The fourth-order valence-electron chi connectivity index (χ4n) is 1.66. The van der Waals surface area contributed by atoms with Gasteiger partial charge in [-0.2, -0.15) is 5.26 Å². The fourth-order valence-corrected chi connectivity index (χ4v) is 1.83. The monoisotopic (exact) mass is 300 g/mol. The van der Waals surface area contributed by atoms with Crippen LogP contribution in [0.2, 0.25) is 0 Å². The number of alkyl halides is 1. The topological polar surface area (TPSA) is 62.1 Å². The van der Waals surface area contributed by atoms with Gasteiger partial charge in [0, 0.05) is 11.6 Å². The summed E-state index contributed by atoms with van der Waals surface area (Å²) in [4.78, 5) is 11.6. The number of anilines is 1. The van der Waals surface area contributed by atoms with Gasteiger partial charge in [-0.15, -0.1) is 11.6 Å². The number of hydrogen-bond acceptors (Lipinski definition) is 3. The van der Waals surface area contributed by atoms with Crippen LogP contribution in [0.5, 0.6) is 0 Å². The van der Waals surface area contributed by atoms with Crippen LogP contribution < -0.4 is 5.32 Å². The standard InChI is InChI=1S/C16H13ClN2O2/c17-9-12-1-3-14(4-2-12)11-21-16(20)19-15-7-5-13(10-18)6-8-15/h1-8H,9,11H2,(H,19,20). The second-order valence-electron chi connectivity index (χ2n) is 4.34. The summed E-state index contributed by atoms with van der Waals surface area (Å²) >= 11 is 5.70. The molecule has 0 heterocycles. The lowest BCUT2D eigenvalue weighted by Gasteiger charge is -2.07. The van der Waals surface area contributed by atoms with E-state index in [0.29, 0.717) is 17.1 Å². The Balaban J connectivity index is 1.85. The molecule has 0 aliphatic heterocycles. The Morgan fingerprint density at radius 1 is 1.10 bits per heavy atom. The molecule has 0 bridgehead atoms. The zero-order chi connectivity index (χ0) is 15.1. The predicted octanol–water partition coefficient (Wildman–Crippen LogP) is 4.05. The average Bonchev–Trinajstić information content (AvgIpc) is 2.54. The van der Waals surface area contributed by atoms with Gasteiger partial charge in [0.15, 0.2) is 0 Å². The van der Waals surface area contributed by atoms with Gasteiger partial charge >= 0.3 is 6.09 Å². The first-order valence-electron chi connectivity index (χ1n) is 6.29. The van der Waals surface area contributed by atoms with E-state index in [2.05, 4.69) is 5.32 Å². The summed E-state index contributed by atoms with van der Waals surface area (Å²) in [7, 11) is 0. The third kappa shape index (κ3) is 4.51. The molecule has 0 spiro atoms. The van der Waals surface area contributed by atoms with Crippen molar-refractivity contribution < 1.29 is 9.53 Å². The Labute approximate surface area is 127 Å². The molecular weight excluding hydrogens is 288 g/mol. The van der Waals surface area contributed by atoms with Gasteiger partial charge in [-0.1, -0.05) is 24.3 Å². The largest absolute Gasteiger partial charge is 0.444 e. The van der Waals surface area contributed by atoms with Gasteiger partial charge in [0.05, 0.1) is 11.6 Å². The van der Waals surface area contributed by atoms with Gasteiger partial charge in [-0.3, -0.25) is 5.32 Å². The van der Waals surface area contributed by atoms with Gasteiger partial charge in [0.25, 0.3) is 0 Å². The van der Waals surface area contributed by atoms with Crippen molar-refractivity contribution in [1.29, 1.82) is 5.26 Å². The van der Waals surface area contributed by atoms with Crippen LogP contribution in [0.25, 0.3) is 0 Å². The molecule has 2 rings (SSSR count). The zero-order valence-corrected chi connectivity index (χ0v) is 11.9. The van der Waals surface area contributed by atoms with Gasteiger partial charge in [0.2, 0.25) is 0 Å². The van der Waals surface area contributed by atoms with Crippen LogP contribution in [0.1, 0.15) is 16.7 Å². The van der Waals surface area contributed by atoms with Gasteiger partial charge in [-0.05, 0) is 35.4 Å². The van der Waals surface area contributed by atoms with Crippen molar-refractivity contribution in [3.8, 4) is 6.07 Å². The SMILES string of the molecule is N#Cc1ccc(NC(=O)OCc2ccc(CCl)cc2)cc1. The van der Waals surface area contributed by atoms with E-state index in [4.69, 9.17) is 21.6 Å². The first-order valence-corrected chi connectivity index (χ1v) is 6.82. The van der Waals surface area contributed by atoms with Gasteiger partial charge < -0.3 is 4.74 Å². The van der Waals surface area contributed by atoms with Crippen molar-refractivity contribution in [2.45, 2.75) is 12.5 Å². The Morgan fingerprint density at radius 3 is 2.29 bits per heavy atom. The molecule has 0 aliphatic rings. The number of benzene rings is 2. The lowest BCUT2D eigenvalue weighted by Crippen LogP contribution is -2.13. The maximum Gasteiger partial charge on any atom is 0.411 e. The number of nitrogens with zero attached hydrogens (tertiary/aromatic N) is 1. The third-order valence-electron chi connectivity index (χ3n) is 2.81. The van der Waals surface area contributed by atoms with Crippen molar-refractivity contribution in [3.05, 3.63) is 65.2 Å². The molecule has 0 atom stereocenters. The molecule has 0 fully saturated rings. The summed E-state index contributed by atoms with van der Waals surface area (Å²) in [6.07, 6.45) is -0.541.